The predicted octanol–water partition coefficient (Wildman–Crippen LogP) is 2.35. The number of hydrogen-bond donors (Lipinski definition) is 2. The van der Waals surface area contributed by atoms with Crippen molar-refractivity contribution in [2.75, 3.05) is 7.11 Å². The molecule has 0 fully saturated rings. The van der Waals surface area contributed by atoms with Gasteiger partial charge in [-0.2, -0.15) is 0 Å². The van der Waals surface area contributed by atoms with Gasteiger partial charge in [0.2, 0.25) is 5.91 Å². The van der Waals surface area contributed by atoms with Gasteiger partial charge in [0, 0.05) is 6.42 Å². The first kappa shape index (κ1) is 20.4. The molecular weight excluding hydrogens is 304 g/mol. The first-order chi connectivity index (χ1) is 10.1. The van der Waals surface area contributed by atoms with Gasteiger partial charge in [0.15, 0.2) is 0 Å². The fourth-order valence-electron chi connectivity index (χ4n) is 2.09. The minimum absolute atomic E-state index is 0. The molecule has 3 N–H and O–H groups in total. The number of rotatable bonds is 8. The van der Waals surface area contributed by atoms with Crippen LogP contribution >= 0.6 is 12.4 Å². The molecule has 1 aromatic rings. The zero-order valence-corrected chi connectivity index (χ0v) is 13.9. The van der Waals surface area contributed by atoms with Crippen molar-refractivity contribution in [2.45, 2.75) is 44.7 Å². The molecule has 22 heavy (non-hydrogen) atoms. The molecule has 0 aliphatic carbocycles. The molecule has 6 heteroatoms. The third-order valence-corrected chi connectivity index (χ3v) is 3.32. The quantitative estimate of drug-likeness (QED) is 0.718. The largest absolute Gasteiger partial charge is 0.469 e. The van der Waals surface area contributed by atoms with E-state index in [4.69, 9.17) is 5.73 Å². The SMILES string of the molecule is CCCC(N)C(=O)NC(CCC(=O)OC)c1ccccc1.Cl. The summed E-state index contributed by atoms with van der Waals surface area (Å²) < 4.78 is 4.65. The number of carbonyl (C=O) groups excluding carboxylic acids is 2. The Kier molecular flexibility index (Phi) is 10.2. The van der Waals surface area contributed by atoms with Crippen LogP contribution in [0.25, 0.3) is 0 Å². The fourth-order valence-corrected chi connectivity index (χ4v) is 2.09. The lowest BCUT2D eigenvalue weighted by Crippen LogP contribution is -2.42. The minimum Gasteiger partial charge on any atom is -0.469 e. The smallest absolute Gasteiger partial charge is 0.305 e. The van der Waals surface area contributed by atoms with E-state index in [0.717, 1.165) is 12.0 Å². The number of halogens is 1. The average molecular weight is 329 g/mol. The Balaban J connectivity index is 0.00000441. The van der Waals surface area contributed by atoms with Crippen molar-refractivity contribution in [1.82, 2.24) is 5.32 Å². The Morgan fingerprint density at radius 2 is 1.86 bits per heavy atom. The molecule has 0 heterocycles. The van der Waals surface area contributed by atoms with Crippen LogP contribution in [0, 0.1) is 0 Å². The molecule has 0 saturated carbocycles. The van der Waals surface area contributed by atoms with Crippen molar-refractivity contribution in [3.8, 4) is 0 Å². The summed E-state index contributed by atoms with van der Waals surface area (Å²) in [7, 11) is 1.36. The molecule has 2 atom stereocenters. The molecule has 1 amide bonds. The zero-order chi connectivity index (χ0) is 15.7. The van der Waals surface area contributed by atoms with Gasteiger partial charge in [0.1, 0.15) is 0 Å². The van der Waals surface area contributed by atoms with E-state index >= 15 is 0 Å². The highest BCUT2D eigenvalue weighted by atomic mass is 35.5. The molecule has 0 saturated heterocycles. The maximum absolute atomic E-state index is 12.1. The van der Waals surface area contributed by atoms with Gasteiger partial charge in [-0.15, -0.1) is 12.4 Å². The molecule has 5 nitrogen and oxygen atoms in total. The van der Waals surface area contributed by atoms with Crippen LogP contribution in [0.15, 0.2) is 30.3 Å². The summed E-state index contributed by atoms with van der Waals surface area (Å²) in [5.74, 6) is -0.474. The Bertz CT molecular complexity index is 454. The van der Waals surface area contributed by atoms with Crippen LogP contribution in [0.1, 0.15) is 44.2 Å². The van der Waals surface area contributed by atoms with Crippen molar-refractivity contribution < 1.29 is 14.3 Å². The number of hydrogen-bond acceptors (Lipinski definition) is 4. The van der Waals surface area contributed by atoms with Crippen LogP contribution in [-0.4, -0.2) is 25.0 Å². The van der Waals surface area contributed by atoms with Crippen LogP contribution in [0.3, 0.4) is 0 Å². The van der Waals surface area contributed by atoms with Gasteiger partial charge >= 0.3 is 5.97 Å². The highest BCUT2D eigenvalue weighted by Gasteiger charge is 2.19. The molecule has 0 bridgehead atoms. The van der Waals surface area contributed by atoms with E-state index in [1.54, 1.807) is 0 Å². The second-order valence-electron chi connectivity index (χ2n) is 4.98. The highest BCUT2D eigenvalue weighted by Crippen LogP contribution is 2.19. The number of amides is 1. The van der Waals surface area contributed by atoms with E-state index in [9.17, 15) is 9.59 Å². The van der Waals surface area contributed by atoms with Crippen molar-refractivity contribution in [2.24, 2.45) is 5.73 Å². The van der Waals surface area contributed by atoms with Crippen LogP contribution < -0.4 is 11.1 Å². The second-order valence-corrected chi connectivity index (χ2v) is 4.98. The van der Waals surface area contributed by atoms with Gasteiger partial charge in [-0.25, -0.2) is 0 Å². The minimum atomic E-state index is -0.515. The third-order valence-electron chi connectivity index (χ3n) is 3.32. The number of carbonyl (C=O) groups is 2. The van der Waals surface area contributed by atoms with Gasteiger partial charge in [0.25, 0.3) is 0 Å². The van der Waals surface area contributed by atoms with E-state index in [0.29, 0.717) is 12.8 Å². The van der Waals surface area contributed by atoms with E-state index in [1.165, 1.54) is 7.11 Å². The molecule has 1 rings (SSSR count). The molecule has 0 spiro atoms. The summed E-state index contributed by atoms with van der Waals surface area (Å²) in [5.41, 5.74) is 6.79. The standard InChI is InChI=1S/C16H24N2O3.ClH/c1-3-7-13(17)16(20)18-14(10-11-15(19)21-2)12-8-5-4-6-9-12;/h4-6,8-9,13-14H,3,7,10-11,17H2,1-2H3,(H,18,20);1H. The fraction of sp³-hybridized carbons (Fsp3) is 0.500. The molecule has 1 aromatic carbocycles. The molecule has 2 unspecified atom stereocenters. The first-order valence-electron chi connectivity index (χ1n) is 7.26. The first-order valence-corrected chi connectivity index (χ1v) is 7.26. The van der Waals surface area contributed by atoms with Crippen molar-refractivity contribution in [3.05, 3.63) is 35.9 Å². The third kappa shape index (κ3) is 6.91. The lowest BCUT2D eigenvalue weighted by Gasteiger charge is -2.21. The number of esters is 1. The van der Waals surface area contributed by atoms with Crippen LogP contribution in [0.2, 0.25) is 0 Å². The number of methoxy groups -OCH3 is 1. The molecule has 124 valence electrons. The monoisotopic (exact) mass is 328 g/mol. The lowest BCUT2D eigenvalue weighted by atomic mass is 10.0. The topological polar surface area (TPSA) is 81.4 Å². The summed E-state index contributed by atoms with van der Waals surface area (Å²) in [6, 6.07) is 8.81. The van der Waals surface area contributed by atoms with E-state index < -0.39 is 6.04 Å². The van der Waals surface area contributed by atoms with Crippen LogP contribution in [-0.2, 0) is 14.3 Å². The van der Waals surface area contributed by atoms with Gasteiger partial charge in [-0.05, 0) is 18.4 Å². The number of nitrogens with one attached hydrogen (secondary N) is 1. The Hall–Kier alpha value is -1.59. The number of ether oxygens (including phenoxy) is 1. The maximum atomic E-state index is 12.1. The molecular formula is C16H25ClN2O3. The Morgan fingerprint density at radius 3 is 2.41 bits per heavy atom. The average Bonchev–Trinajstić information content (AvgIpc) is 2.51. The van der Waals surface area contributed by atoms with Crippen molar-refractivity contribution in [1.29, 1.82) is 0 Å². The molecule has 0 aromatic heterocycles. The predicted molar refractivity (Wildman–Crippen MR) is 88.7 cm³/mol. The molecule has 0 aliphatic heterocycles. The number of nitrogens with two attached hydrogens (primary N) is 1. The normalized spacial score (nSPS) is 12.7. The maximum Gasteiger partial charge on any atom is 0.305 e. The van der Waals surface area contributed by atoms with Crippen LogP contribution in [0.5, 0.6) is 0 Å². The Morgan fingerprint density at radius 1 is 1.23 bits per heavy atom. The lowest BCUT2D eigenvalue weighted by molar-refractivity contribution is -0.141. The molecule has 0 radical (unpaired) electrons. The zero-order valence-electron chi connectivity index (χ0n) is 13.1. The van der Waals surface area contributed by atoms with Crippen molar-refractivity contribution >= 4 is 24.3 Å². The number of benzene rings is 1. The second kappa shape index (κ2) is 11.0. The highest BCUT2D eigenvalue weighted by molar-refractivity contribution is 5.85. The summed E-state index contributed by atoms with van der Waals surface area (Å²) >= 11 is 0. The summed E-state index contributed by atoms with van der Waals surface area (Å²) in [6.45, 7) is 1.99. The van der Waals surface area contributed by atoms with Gasteiger partial charge in [-0.3, -0.25) is 9.59 Å². The summed E-state index contributed by atoms with van der Waals surface area (Å²) in [4.78, 5) is 23.4. The van der Waals surface area contributed by atoms with Gasteiger partial charge in [-0.1, -0.05) is 43.7 Å². The van der Waals surface area contributed by atoms with E-state index in [1.807, 2.05) is 37.3 Å². The van der Waals surface area contributed by atoms with Crippen LogP contribution in [0.4, 0.5) is 0 Å². The summed E-state index contributed by atoms with van der Waals surface area (Å²) in [5, 5.41) is 2.93. The van der Waals surface area contributed by atoms with Crippen molar-refractivity contribution in [3.63, 3.8) is 0 Å². The van der Waals surface area contributed by atoms with E-state index in [-0.39, 0.29) is 36.7 Å². The summed E-state index contributed by atoms with van der Waals surface area (Å²) in [6.07, 6.45) is 2.23. The van der Waals surface area contributed by atoms with Gasteiger partial charge < -0.3 is 15.8 Å². The van der Waals surface area contributed by atoms with Gasteiger partial charge in [0.05, 0.1) is 19.2 Å². The van der Waals surface area contributed by atoms with E-state index in [2.05, 4.69) is 10.1 Å². The molecule has 0 aliphatic rings. The Labute approximate surface area is 138 Å².